The number of carboxylic acids is 1. The summed E-state index contributed by atoms with van der Waals surface area (Å²) < 4.78 is 0. The van der Waals surface area contributed by atoms with Crippen molar-refractivity contribution in [1.29, 1.82) is 0 Å². The van der Waals surface area contributed by atoms with Gasteiger partial charge in [-0.2, -0.15) is 5.10 Å². The van der Waals surface area contributed by atoms with Crippen LogP contribution in [0.4, 0.5) is 5.69 Å². The van der Waals surface area contributed by atoms with E-state index < -0.39 is 12.0 Å². The molecule has 0 radical (unpaired) electrons. The van der Waals surface area contributed by atoms with Crippen molar-refractivity contribution in [2.75, 3.05) is 7.05 Å². The van der Waals surface area contributed by atoms with Gasteiger partial charge in [0.2, 0.25) is 5.96 Å². The zero-order valence-corrected chi connectivity index (χ0v) is 11.7. The van der Waals surface area contributed by atoms with Gasteiger partial charge in [0.1, 0.15) is 11.9 Å². The predicted molar refractivity (Wildman–Crippen MR) is 77.8 cm³/mol. The number of hydrogen-bond donors (Lipinski definition) is 4. The quantitative estimate of drug-likeness (QED) is 0.583. The summed E-state index contributed by atoms with van der Waals surface area (Å²) in [6, 6.07) is 2.41. The van der Waals surface area contributed by atoms with E-state index in [2.05, 4.69) is 25.9 Å². The maximum Gasteiger partial charge on any atom is 0.320 e. The normalized spacial score (nSPS) is 17.8. The molecule has 9 heteroatoms. The summed E-state index contributed by atoms with van der Waals surface area (Å²) >= 11 is 0. The Labute approximate surface area is 121 Å². The van der Waals surface area contributed by atoms with Gasteiger partial charge in [-0.3, -0.25) is 20.2 Å². The highest BCUT2D eigenvalue weighted by Gasteiger charge is 2.14. The summed E-state index contributed by atoms with van der Waals surface area (Å²) in [5, 5.41) is 14.6. The van der Waals surface area contributed by atoms with Gasteiger partial charge in [0, 0.05) is 25.4 Å². The maximum absolute atomic E-state index is 10.8. The van der Waals surface area contributed by atoms with Crippen molar-refractivity contribution in [3.63, 3.8) is 0 Å². The van der Waals surface area contributed by atoms with Crippen molar-refractivity contribution in [2.24, 2.45) is 15.8 Å². The molecule has 1 aliphatic heterocycles. The first-order chi connectivity index (χ1) is 9.95. The van der Waals surface area contributed by atoms with Crippen LogP contribution in [0.3, 0.4) is 0 Å². The van der Waals surface area contributed by atoms with Crippen LogP contribution in [0, 0.1) is 0 Å². The van der Waals surface area contributed by atoms with E-state index in [9.17, 15) is 4.79 Å². The summed E-state index contributed by atoms with van der Waals surface area (Å²) in [4.78, 5) is 19.2. The zero-order valence-electron chi connectivity index (χ0n) is 11.7. The van der Waals surface area contributed by atoms with Crippen LogP contribution in [-0.4, -0.2) is 46.0 Å². The lowest BCUT2D eigenvalue weighted by molar-refractivity contribution is -0.138. The SMILES string of the molecule is CC1=NNC(=Nc2ccnc(C[C@H](N)C(=O)O)c2)NN1C. The molecular formula is C12H17N7O2. The Balaban J connectivity index is 2.13. The van der Waals surface area contributed by atoms with Crippen molar-refractivity contribution >= 4 is 23.5 Å². The molecule has 0 saturated heterocycles. The summed E-state index contributed by atoms with van der Waals surface area (Å²) in [6.07, 6.45) is 1.70. The van der Waals surface area contributed by atoms with Crippen molar-refractivity contribution < 1.29 is 9.90 Å². The molecule has 0 aliphatic carbocycles. The Hall–Kier alpha value is -2.68. The molecule has 0 unspecified atom stereocenters. The predicted octanol–water partition coefficient (Wildman–Crippen LogP) is -0.603. The molecule has 2 heterocycles. The van der Waals surface area contributed by atoms with Crippen LogP contribution in [0.25, 0.3) is 0 Å². The molecule has 0 spiro atoms. The molecular weight excluding hydrogens is 274 g/mol. The Morgan fingerprint density at radius 3 is 3.05 bits per heavy atom. The fourth-order valence-electron chi connectivity index (χ4n) is 1.61. The molecule has 0 fully saturated rings. The van der Waals surface area contributed by atoms with E-state index in [1.165, 1.54) is 0 Å². The van der Waals surface area contributed by atoms with E-state index in [1.807, 2.05) is 14.0 Å². The first-order valence-electron chi connectivity index (χ1n) is 6.28. The van der Waals surface area contributed by atoms with E-state index in [1.54, 1.807) is 23.3 Å². The van der Waals surface area contributed by atoms with Crippen molar-refractivity contribution in [2.45, 2.75) is 19.4 Å². The first-order valence-corrected chi connectivity index (χ1v) is 6.28. The number of carbonyl (C=O) groups is 1. The summed E-state index contributed by atoms with van der Waals surface area (Å²) in [7, 11) is 1.82. The van der Waals surface area contributed by atoms with Crippen LogP contribution in [-0.2, 0) is 11.2 Å². The molecule has 1 atom stereocenters. The van der Waals surface area contributed by atoms with Gasteiger partial charge in [-0.1, -0.05) is 0 Å². The molecule has 0 saturated carbocycles. The number of amidine groups is 1. The van der Waals surface area contributed by atoms with Gasteiger partial charge in [-0.05, 0) is 19.1 Å². The van der Waals surface area contributed by atoms with Crippen molar-refractivity contribution in [3.05, 3.63) is 24.0 Å². The van der Waals surface area contributed by atoms with E-state index in [0.717, 1.165) is 5.84 Å². The molecule has 112 valence electrons. The van der Waals surface area contributed by atoms with Crippen LogP contribution < -0.4 is 16.6 Å². The standard InChI is InChI=1S/C12H17N7O2/c1-7-16-17-12(18-19(7)2)15-8-3-4-14-9(5-8)6-10(13)11(20)21/h3-5,10H,6,13H2,1-2H3,(H,20,21)(H2,14,15,17,18)/t10-/m0/s1. The minimum absolute atomic E-state index is 0.145. The molecule has 9 nitrogen and oxygen atoms in total. The topological polar surface area (TPSA) is 128 Å². The van der Waals surface area contributed by atoms with Gasteiger partial charge in [0.25, 0.3) is 0 Å². The number of aliphatic imine (C=N–C) groups is 1. The van der Waals surface area contributed by atoms with E-state index in [4.69, 9.17) is 10.8 Å². The first kappa shape index (κ1) is 14.7. The monoisotopic (exact) mass is 291 g/mol. The molecule has 2 rings (SSSR count). The van der Waals surface area contributed by atoms with E-state index in [0.29, 0.717) is 17.3 Å². The maximum atomic E-state index is 10.8. The number of nitrogens with one attached hydrogen (secondary N) is 2. The summed E-state index contributed by atoms with van der Waals surface area (Å²) in [6.45, 7) is 1.84. The number of guanidine groups is 1. The lowest BCUT2D eigenvalue weighted by Gasteiger charge is -2.25. The van der Waals surface area contributed by atoms with Crippen LogP contribution in [0.15, 0.2) is 28.4 Å². The number of rotatable bonds is 4. The van der Waals surface area contributed by atoms with Gasteiger partial charge in [-0.25, -0.2) is 10.4 Å². The molecule has 5 N–H and O–H groups in total. The van der Waals surface area contributed by atoms with Crippen molar-refractivity contribution in [1.82, 2.24) is 20.8 Å². The smallest absolute Gasteiger partial charge is 0.320 e. The average molecular weight is 291 g/mol. The lowest BCUT2D eigenvalue weighted by Crippen LogP contribution is -2.51. The van der Waals surface area contributed by atoms with Crippen LogP contribution in [0.2, 0.25) is 0 Å². The number of aromatic nitrogens is 1. The number of carboxylic acid groups (broad SMARTS) is 1. The number of hydrazone groups is 1. The summed E-state index contributed by atoms with van der Waals surface area (Å²) in [5.74, 6) is 0.176. The van der Waals surface area contributed by atoms with Crippen LogP contribution in [0.1, 0.15) is 12.6 Å². The number of hydrazine groups is 1. The second-order valence-corrected chi connectivity index (χ2v) is 4.56. The highest BCUT2D eigenvalue weighted by Crippen LogP contribution is 2.13. The van der Waals surface area contributed by atoms with Gasteiger partial charge >= 0.3 is 5.97 Å². The second-order valence-electron chi connectivity index (χ2n) is 4.56. The van der Waals surface area contributed by atoms with Gasteiger partial charge in [0.05, 0.1) is 5.69 Å². The number of hydrogen-bond acceptors (Lipinski definition) is 6. The number of aliphatic carboxylic acids is 1. The Morgan fingerprint density at radius 2 is 2.38 bits per heavy atom. The third-order valence-electron chi connectivity index (χ3n) is 2.87. The number of nitrogens with two attached hydrogens (primary N) is 1. The van der Waals surface area contributed by atoms with E-state index in [-0.39, 0.29) is 6.42 Å². The van der Waals surface area contributed by atoms with Crippen molar-refractivity contribution in [3.8, 4) is 0 Å². The molecule has 1 aliphatic rings. The molecule has 0 amide bonds. The van der Waals surface area contributed by atoms with Crippen LogP contribution in [0.5, 0.6) is 0 Å². The fraction of sp³-hybridized carbons (Fsp3) is 0.333. The minimum atomic E-state index is -1.06. The Bertz CT molecular complexity index is 599. The molecule has 0 bridgehead atoms. The third kappa shape index (κ3) is 3.89. The number of pyridine rings is 1. The van der Waals surface area contributed by atoms with Gasteiger partial charge < -0.3 is 10.8 Å². The molecule has 1 aromatic heterocycles. The average Bonchev–Trinajstić information content (AvgIpc) is 2.43. The van der Waals surface area contributed by atoms with Gasteiger partial charge in [-0.15, -0.1) is 0 Å². The third-order valence-corrected chi connectivity index (χ3v) is 2.87. The fourth-order valence-corrected chi connectivity index (χ4v) is 1.61. The van der Waals surface area contributed by atoms with Gasteiger partial charge in [0.15, 0.2) is 0 Å². The highest BCUT2D eigenvalue weighted by molar-refractivity contribution is 5.90. The molecule has 0 aromatic carbocycles. The van der Waals surface area contributed by atoms with E-state index >= 15 is 0 Å². The molecule has 21 heavy (non-hydrogen) atoms. The zero-order chi connectivity index (χ0) is 15.4. The highest BCUT2D eigenvalue weighted by atomic mass is 16.4. The summed E-state index contributed by atoms with van der Waals surface area (Å²) in [5.41, 5.74) is 12.4. The number of nitrogens with zero attached hydrogens (tertiary/aromatic N) is 4. The second kappa shape index (κ2) is 6.18. The Kier molecular flexibility index (Phi) is 4.33. The van der Waals surface area contributed by atoms with Crippen LogP contribution >= 0.6 is 0 Å². The lowest BCUT2D eigenvalue weighted by atomic mass is 10.1. The Morgan fingerprint density at radius 1 is 1.62 bits per heavy atom. The largest absolute Gasteiger partial charge is 0.480 e. The minimum Gasteiger partial charge on any atom is -0.480 e. The molecule has 1 aromatic rings.